The van der Waals surface area contributed by atoms with Crippen LogP contribution in [0.5, 0.6) is 0 Å². The molecule has 0 heterocycles. The van der Waals surface area contributed by atoms with Crippen LogP contribution in [0, 0.1) is 5.92 Å². The van der Waals surface area contributed by atoms with Crippen molar-refractivity contribution in [3.05, 3.63) is 35.9 Å². The summed E-state index contributed by atoms with van der Waals surface area (Å²) < 4.78 is 0. The minimum atomic E-state index is 0.385. The molecule has 0 aliphatic carbocycles. The van der Waals surface area contributed by atoms with Gasteiger partial charge in [-0.15, -0.1) is 0 Å². The first kappa shape index (κ1) is 13.2. The fourth-order valence-corrected chi connectivity index (χ4v) is 2.47. The smallest absolute Gasteiger partial charge is 0.0477 e. The van der Waals surface area contributed by atoms with Crippen molar-refractivity contribution in [1.29, 1.82) is 0 Å². The van der Waals surface area contributed by atoms with Crippen molar-refractivity contribution in [2.24, 2.45) is 5.92 Å². The van der Waals surface area contributed by atoms with E-state index in [4.69, 9.17) is 0 Å². The topological polar surface area (TPSA) is 15.3 Å². The van der Waals surface area contributed by atoms with Crippen LogP contribution >= 0.6 is 0 Å². The molecule has 0 spiro atoms. The predicted octanol–water partition coefficient (Wildman–Crippen LogP) is 2.53. The van der Waals surface area contributed by atoms with Gasteiger partial charge in [0.25, 0.3) is 0 Å². The van der Waals surface area contributed by atoms with Crippen molar-refractivity contribution in [2.75, 3.05) is 21.1 Å². The third-order valence-corrected chi connectivity index (χ3v) is 3.09. The molecule has 1 N–H and O–H groups in total. The van der Waals surface area contributed by atoms with E-state index in [1.165, 1.54) is 5.56 Å². The van der Waals surface area contributed by atoms with Crippen LogP contribution in [0.1, 0.15) is 25.5 Å². The van der Waals surface area contributed by atoms with Gasteiger partial charge < -0.3 is 10.2 Å². The fourth-order valence-electron chi connectivity index (χ4n) is 2.47. The SMILES string of the molecule is CNC(c1ccccc1)C(C(C)C)N(C)C. The van der Waals surface area contributed by atoms with Crippen molar-refractivity contribution >= 4 is 0 Å². The molecule has 2 heteroatoms. The largest absolute Gasteiger partial charge is 0.312 e. The molecule has 2 unspecified atom stereocenters. The molecular formula is C14H24N2. The molecule has 1 rings (SSSR count). The van der Waals surface area contributed by atoms with Crippen LogP contribution in [0.15, 0.2) is 30.3 Å². The second kappa shape index (κ2) is 6.02. The molecule has 0 amide bonds. The fraction of sp³-hybridized carbons (Fsp3) is 0.571. The molecule has 90 valence electrons. The Bertz CT molecular complexity index is 285. The van der Waals surface area contributed by atoms with E-state index in [1.807, 2.05) is 7.05 Å². The number of likely N-dealkylation sites (N-methyl/N-ethyl adjacent to an activating group) is 2. The Morgan fingerprint density at radius 1 is 1.06 bits per heavy atom. The Morgan fingerprint density at radius 2 is 1.62 bits per heavy atom. The van der Waals surface area contributed by atoms with E-state index in [9.17, 15) is 0 Å². The van der Waals surface area contributed by atoms with Crippen LogP contribution < -0.4 is 5.32 Å². The summed E-state index contributed by atoms with van der Waals surface area (Å²) in [6.45, 7) is 4.55. The number of nitrogens with one attached hydrogen (secondary N) is 1. The van der Waals surface area contributed by atoms with E-state index < -0.39 is 0 Å². The molecule has 0 aliphatic heterocycles. The van der Waals surface area contributed by atoms with Crippen molar-refractivity contribution < 1.29 is 0 Å². The first-order valence-corrected chi connectivity index (χ1v) is 5.96. The summed E-state index contributed by atoms with van der Waals surface area (Å²) in [5.41, 5.74) is 1.36. The maximum Gasteiger partial charge on any atom is 0.0477 e. The maximum atomic E-state index is 3.44. The Morgan fingerprint density at radius 3 is 2.00 bits per heavy atom. The lowest BCUT2D eigenvalue weighted by Gasteiger charge is -2.35. The quantitative estimate of drug-likeness (QED) is 0.820. The summed E-state index contributed by atoms with van der Waals surface area (Å²) in [6.07, 6.45) is 0. The lowest BCUT2D eigenvalue weighted by Crippen LogP contribution is -2.43. The van der Waals surface area contributed by atoms with Crippen molar-refractivity contribution in [2.45, 2.75) is 25.9 Å². The molecule has 0 radical (unpaired) electrons. The molecule has 0 saturated carbocycles. The van der Waals surface area contributed by atoms with E-state index in [-0.39, 0.29) is 0 Å². The lowest BCUT2D eigenvalue weighted by atomic mass is 9.90. The van der Waals surface area contributed by atoms with Gasteiger partial charge in [0.1, 0.15) is 0 Å². The third kappa shape index (κ3) is 3.06. The highest BCUT2D eigenvalue weighted by Gasteiger charge is 2.26. The maximum absolute atomic E-state index is 3.44. The second-order valence-electron chi connectivity index (χ2n) is 4.88. The molecule has 16 heavy (non-hydrogen) atoms. The van der Waals surface area contributed by atoms with Gasteiger partial charge in [-0.1, -0.05) is 44.2 Å². The Hall–Kier alpha value is -0.860. The zero-order chi connectivity index (χ0) is 12.1. The van der Waals surface area contributed by atoms with Gasteiger partial charge in [-0.05, 0) is 32.6 Å². The lowest BCUT2D eigenvalue weighted by molar-refractivity contribution is 0.181. The normalized spacial score (nSPS) is 15.4. The molecule has 0 aromatic heterocycles. The third-order valence-electron chi connectivity index (χ3n) is 3.09. The molecule has 0 saturated heterocycles. The number of hydrogen-bond donors (Lipinski definition) is 1. The highest BCUT2D eigenvalue weighted by atomic mass is 15.1. The van der Waals surface area contributed by atoms with Crippen LogP contribution in [0.2, 0.25) is 0 Å². The molecule has 1 aromatic rings. The highest BCUT2D eigenvalue weighted by Crippen LogP contribution is 2.24. The highest BCUT2D eigenvalue weighted by molar-refractivity contribution is 5.20. The second-order valence-corrected chi connectivity index (χ2v) is 4.88. The summed E-state index contributed by atoms with van der Waals surface area (Å²) in [6, 6.07) is 11.6. The molecule has 2 nitrogen and oxygen atoms in total. The Balaban J connectivity index is 2.96. The van der Waals surface area contributed by atoms with Gasteiger partial charge in [-0.25, -0.2) is 0 Å². The first-order valence-electron chi connectivity index (χ1n) is 5.96. The van der Waals surface area contributed by atoms with Crippen LogP contribution in [-0.2, 0) is 0 Å². The molecule has 0 aliphatic rings. The number of nitrogens with zero attached hydrogens (tertiary/aromatic N) is 1. The van der Waals surface area contributed by atoms with Gasteiger partial charge in [0.15, 0.2) is 0 Å². The standard InChI is InChI=1S/C14H24N2/c1-11(2)14(16(4)5)13(15-3)12-9-7-6-8-10-12/h6-11,13-15H,1-5H3. The Kier molecular flexibility index (Phi) is 4.97. The summed E-state index contributed by atoms with van der Waals surface area (Å²) in [4.78, 5) is 2.30. The van der Waals surface area contributed by atoms with Crippen molar-refractivity contribution in [3.63, 3.8) is 0 Å². The van der Waals surface area contributed by atoms with E-state index in [0.29, 0.717) is 18.0 Å². The van der Waals surface area contributed by atoms with Gasteiger partial charge >= 0.3 is 0 Å². The molecule has 1 aromatic carbocycles. The first-order chi connectivity index (χ1) is 7.57. The van der Waals surface area contributed by atoms with Crippen molar-refractivity contribution in [3.8, 4) is 0 Å². The number of rotatable bonds is 5. The monoisotopic (exact) mass is 220 g/mol. The summed E-state index contributed by atoms with van der Waals surface area (Å²) in [5.74, 6) is 0.618. The zero-order valence-electron chi connectivity index (χ0n) is 11.1. The van der Waals surface area contributed by atoms with Gasteiger partial charge in [0.05, 0.1) is 0 Å². The van der Waals surface area contributed by atoms with E-state index >= 15 is 0 Å². The van der Waals surface area contributed by atoms with Gasteiger partial charge in [-0.2, -0.15) is 0 Å². The number of benzene rings is 1. The van der Waals surface area contributed by atoms with Crippen LogP contribution in [0.3, 0.4) is 0 Å². The summed E-state index contributed by atoms with van der Waals surface area (Å²) in [5, 5.41) is 3.44. The predicted molar refractivity (Wildman–Crippen MR) is 70.6 cm³/mol. The van der Waals surface area contributed by atoms with Gasteiger partial charge in [-0.3, -0.25) is 0 Å². The molecule has 0 bridgehead atoms. The number of hydrogen-bond acceptors (Lipinski definition) is 2. The molecule has 0 fully saturated rings. The minimum Gasteiger partial charge on any atom is -0.312 e. The summed E-state index contributed by atoms with van der Waals surface area (Å²) >= 11 is 0. The van der Waals surface area contributed by atoms with Gasteiger partial charge in [0, 0.05) is 12.1 Å². The minimum absolute atomic E-state index is 0.385. The molecule has 2 atom stereocenters. The van der Waals surface area contributed by atoms with E-state index in [1.54, 1.807) is 0 Å². The summed E-state index contributed by atoms with van der Waals surface area (Å²) in [7, 11) is 6.34. The van der Waals surface area contributed by atoms with Crippen molar-refractivity contribution in [1.82, 2.24) is 10.2 Å². The average Bonchev–Trinajstić information content (AvgIpc) is 2.25. The average molecular weight is 220 g/mol. The Labute approximate surface area is 99.7 Å². The zero-order valence-corrected chi connectivity index (χ0v) is 11.1. The van der Waals surface area contributed by atoms with E-state index in [0.717, 1.165) is 0 Å². The van der Waals surface area contributed by atoms with E-state index in [2.05, 4.69) is 68.5 Å². The van der Waals surface area contributed by atoms with Crippen LogP contribution in [0.4, 0.5) is 0 Å². The molecular weight excluding hydrogens is 196 g/mol. The van der Waals surface area contributed by atoms with Crippen LogP contribution in [-0.4, -0.2) is 32.1 Å². The van der Waals surface area contributed by atoms with Gasteiger partial charge in [0.2, 0.25) is 0 Å². The van der Waals surface area contributed by atoms with Crippen LogP contribution in [0.25, 0.3) is 0 Å².